The Morgan fingerprint density at radius 2 is 2.08 bits per heavy atom. The minimum Gasteiger partial charge on any atom is -0.481 e. The van der Waals surface area contributed by atoms with Crippen molar-refractivity contribution in [3.05, 3.63) is 11.6 Å². The molecule has 4 heteroatoms. The summed E-state index contributed by atoms with van der Waals surface area (Å²) in [7, 11) is 0. The molecule has 0 saturated carbocycles. The average Bonchev–Trinajstić information content (AvgIpc) is 2.00. The van der Waals surface area contributed by atoms with Gasteiger partial charge in [-0.15, -0.1) is 0 Å². The number of hydrogen-bond acceptors (Lipinski definition) is 3. The number of carbonyl (C=O) groups is 1. The Hall–Kier alpha value is -0.870. The molecule has 0 heterocycles. The monoisotopic (exact) mass is 187 g/mol. The maximum absolute atomic E-state index is 10.2. The van der Waals surface area contributed by atoms with Crippen molar-refractivity contribution in [2.45, 2.75) is 38.8 Å². The summed E-state index contributed by atoms with van der Waals surface area (Å²) in [6, 6.07) is -0.409. The summed E-state index contributed by atoms with van der Waals surface area (Å²) in [6.45, 7) is 3.41. The van der Waals surface area contributed by atoms with E-state index in [1.807, 2.05) is 6.92 Å². The first-order valence-electron chi connectivity index (χ1n) is 4.26. The van der Waals surface area contributed by atoms with Crippen molar-refractivity contribution in [3.63, 3.8) is 0 Å². The maximum Gasteiger partial charge on any atom is 0.303 e. The molecule has 0 radical (unpaired) electrons. The molecular formula is C9H17NO3. The van der Waals surface area contributed by atoms with Crippen molar-refractivity contribution in [1.29, 1.82) is 0 Å². The number of nitrogens with two attached hydrogens (primary N) is 1. The van der Waals surface area contributed by atoms with Crippen LogP contribution in [0.5, 0.6) is 0 Å². The largest absolute Gasteiger partial charge is 0.481 e. The molecule has 0 amide bonds. The Morgan fingerprint density at radius 1 is 1.54 bits per heavy atom. The molecule has 0 aliphatic rings. The van der Waals surface area contributed by atoms with E-state index >= 15 is 0 Å². The second kappa shape index (κ2) is 5.72. The van der Waals surface area contributed by atoms with Crippen molar-refractivity contribution in [3.8, 4) is 0 Å². The third-order valence-corrected chi connectivity index (χ3v) is 1.77. The van der Waals surface area contributed by atoms with Crippen LogP contribution in [-0.4, -0.2) is 28.3 Å². The molecule has 0 saturated heterocycles. The van der Waals surface area contributed by atoms with Gasteiger partial charge in [0.05, 0.1) is 6.10 Å². The topological polar surface area (TPSA) is 83.5 Å². The Balaban J connectivity index is 3.94. The first kappa shape index (κ1) is 12.1. The third-order valence-electron chi connectivity index (χ3n) is 1.77. The lowest BCUT2D eigenvalue weighted by molar-refractivity contribution is -0.136. The van der Waals surface area contributed by atoms with E-state index in [1.54, 1.807) is 13.0 Å². The van der Waals surface area contributed by atoms with Gasteiger partial charge in [-0.2, -0.15) is 0 Å². The van der Waals surface area contributed by atoms with E-state index in [0.29, 0.717) is 6.42 Å². The average molecular weight is 187 g/mol. The van der Waals surface area contributed by atoms with Crippen molar-refractivity contribution < 1.29 is 15.0 Å². The quantitative estimate of drug-likeness (QED) is 0.547. The summed E-state index contributed by atoms with van der Waals surface area (Å²) in [5, 5.41) is 17.5. The van der Waals surface area contributed by atoms with Gasteiger partial charge in [0.1, 0.15) is 0 Å². The van der Waals surface area contributed by atoms with Gasteiger partial charge in [-0.3, -0.25) is 4.79 Å². The SMILES string of the molecule is C/C(=C\C(N)C(C)O)CCC(=O)O. The van der Waals surface area contributed by atoms with Crippen LogP contribution in [0.4, 0.5) is 0 Å². The fourth-order valence-corrected chi connectivity index (χ4v) is 0.855. The van der Waals surface area contributed by atoms with E-state index in [2.05, 4.69) is 0 Å². The zero-order valence-corrected chi connectivity index (χ0v) is 8.03. The van der Waals surface area contributed by atoms with Crippen LogP contribution in [0.1, 0.15) is 26.7 Å². The first-order chi connectivity index (χ1) is 5.93. The highest BCUT2D eigenvalue weighted by Gasteiger charge is 2.06. The van der Waals surface area contributed by atoms with Crippen molar-refractivity contribution >= 4 is 5.97 Å². The molecule has 4 N–H and O–H groups in total. The molecule has 0 bridgehead atoms. The second-order valence-electron chi connectivity index (χ2n) is 3.22. The van der Waals surface area contributed by atoms with Crippen LogP contribution in [0.3, 0.4) is 0 Å². The van der Waals surface area contributed by atoms with Gasteiger partial charge < -0.3 is 15.9 Å². The molecular weight excluding hydrogens is 170 g/mol. The summed E-state index contributed by atoms with van der Waals surface area (Å²) in [5.41, 5.74) is 6.45. The Morgan fingerprint density at radius 3 is 2.46 bits per heavy atom. The molecule has 0 aromatic carbocycles. The van der Waals surface area contributed by atoms with Crippen molar-refractivity contribution in [1.82, 2.24) is 0 Å². The zero-order chi connectivity index (χ0) is 10.4. The number of rotatable bonds is 5. The lowest BCUT2D eigenvalue weighted by atomic mass is 10.1. The van der Waals surface area contributed by atoms with Crippen molar-refractivity contribution in [2.24, 2.45) is 5.73 Å². The van der Waals surface area contributed by atoms with Crippen molar-refractivity contribution in [2.75, 3.05) is 0 Å². The Labute approximate surface area is 78.1 Å². The van der Waals surface area contributed by atoms with Gasteiger partial charge in [0, 0.05) is 12.5 Å². The predicted molar refractivity (Wildman–Crippen MR) is 50.3 cm³/mol. The minimum atomic E-state index is -0.821. The van der Waals surface area contributed by atoms with E-state index in [9.17, 15) is 4.79 Å². The van der Waals surface area contributed by atoms with Crippen LogP contribution in [0, 0.1) is 0 Å². The molecule has 2 unspecified atom stereocenters. The fraction of sp³-hybridized carbons (Fsp3) is 0.667. The summed E-state index contributed by atoms with van der Waals surface area (Å²) < 4.78 is 0. The van der Waals surface area contributed by atoms with Gasteiger partial charge in [0.15, 0.2) is 0 Å². The molecule has 0 aliphatic carbocycles. The van der Waals surface area contributed by atoms with Gasteiger partial charge in [-0.25, -0.2) is 0 Å². The first-order valence-corrected chi connectivity index (χ1v) is 4.26. The molecule has 0 aromatic rings. The molecule has 0 spiro atoms. The van der Waals surface area contributed by atoms with Crippen LogP contribution in [-0.2, 0) is 4.79 Å². The normalized spacial score (nSPS) is 16.8. The molecule has 13 heavy (non-hydrogen) atoms. The van der Waals surface area contributed by atoms with E-state index in [0.717, 1.165) is 5.57 Å². The molecule has 0 aliphatic heterocycles. The van der Waals surface area contributed by atoms with Gasteiger partial charge in [0.25, 0.3) is 0 Å². The summed E-state index contributed by atoms with van der Waals surface area (Å²) in [4.78, 5) is 10.2. The van der Waals surface area contributed by atoms with Crippen LogP contribution in [0.25, 0.3) is 0 Å². The highest BCUT2D eigenvalue weighted by molar-refractivity contribution is 5.67. The zero-order valence-electron chi connectivity index (χ0n) is 8.03. The molecule has 0 fully saturated rings. The molecule has 0 aromatic heterocycles. The number of carboxylic acid groups (broad SMARTS) is 1. The smallest absolute Gasteiger partial charge is 0.303 e. The minimum absolute atomic E-state index is 0.106. The molecule has 4 nitrogen and oxygen atoms in total. The molecule has 76 valence electrons. The Bertz CT molecular complexity index is 199. The van der Waals surface area contributed by atoms with Gasteiger partial charge in [-0.1, -0.05) is 11.6 Å². The predicted octanol–water partition coefficient (Wildman–Crippen LogP) is 0.506. The summed E-state index contributed by atoms with van der Waals surface area (Å²) in [5.74, 6) is -0.821. The standard InChI is InChI=1S/C9H17NO3/c1-6(3-4-9(12)13)5-8(10)7(2)11/h5,7-8,11H,3-4,10H2,1-2H3,(H,12,13)/b6-5+. The second-order valence-corrected chi connectivity index (χ2v) is 3.22. The third kappa shape index (κ3) is 6.31. The Kier molecular flexibility index (Phi) is 5.34. The van der Waals surface area contributed by atoms with Crippen LogP contribution >= 0.6 is 0 Å². The number of aliphatic hydroxyl groups is 1. The number of aliphatic carboxylic acids is 1. The number of aliphatic hydroxyl groups excluding tert-OH is 1. The lowest BCUT2D eigenvalue weighted by Gasteiger charge is -2.10. The van der Waals surface area contributed by atoms with E-state index in [1.165, 1.54) is 0 Å². The summed E-state index contributed by atoms with van der Waals surface area (Å²) in [6.07, 6.45) is 1.69. The van der Waals surface area contributed by atoms with Gasteiger partial charge in [0.2, 0.25) is 0 Å². The van der Waals surface area contributed by atoms with E-state index in [4.69, 9.17) is 15.9 Å². The van der Waals surface area contributed by atoms with E-state index < -0.39 is 18.1 Å². The highest BCUT2D eigenvalue weighted by atomic mass is 16.4. The highest BCUT2D eigenvalue weighted by Crippen LogP contribution is 2.05. The molecule has 0 rings (SSSR count). The van der Waals surface area contributed by atoms with Crippen LogP contribution in [0.2, 0.25) is 0 Å². The fourth-order valence-electron chi connectivity index (χ4n) is 0.855. The lowest BCUT2D eigenvalue weighted by Crippen LogP contribution is -2.30. The number of allylic oxidation sites excluding steroid dienone is 1. The number of carboxylic acids is 1. The molecule has 2 atom stereocenters. The van der Waals surface area contributed by atoms with Gasteiger partial charge >= 0.3 is 5.97 Å². The maximum atomic E-state index is 10.2. The van der Waals surface area contributed by atoms with Gasteiger partial charge in [-0.05, 0) is 20.3 Å². The number of hydrogen-bond donors (Lipinski definition) is 3. The van der Waals surface area contributed by atoms with Crippen LogP contribution in [0.15, 0.2) is 11.6 Å². The summed E-state index contributed by atoms with van der Waals surface area (Å²) >= 11 is 0. The van der Waals surface area contributed by atoms with Crippen LogP contribution < -0.4 is 5.73 Å². The van der Waals surface area contributed by atoms with E-state index in [-0.39, 0.29) is 6.42 Å².